The first-order chi connectivity index (χ1) is 8.78. The minimum Gasteiger partial charge on any atom is -0.268 e. The summed E-state index contributed by atoms with van der Waals surface area (Å²) in [5.74, 6) is 0.604. The predicted molar refractivity (Wildman–Crippen MR) is 73.8 cm³/mol. The van der Waals surface area contributed by atoms with Crippen LogP contribution in [0.3, 0.4) is 0 Å². The van der Waals surface area contributed by atoms with Gasteiger partial charge < -0.3 is 0 Å². The second-order valence-corrected chi connectivity index (χ2v) is 6.16. The van der Waals surface area contributed by atoms with E-state index in [0.717, 1.165) is 6.54 Å². The lowest BCUT2D eigenvalue weighted by Crippen LogP contribution is -2.20. The van der Waals surface area contributed by atoms with Crippen molar-refractivity contribution in [3.05, 3.63) is 63.3 Å². The Labute approximate surface area is 109 Å². The fourth-order valence-corrected chi connectivity index (χ4v) is 3.87. The molecule has 2 nitrogen and oxygen atoms in total. The zero-order valence-electron chi connectivity index (χ0n) is 9.87. The molecule has 1 saturated carbocycles. The molecule has 2 aliphatic carbocycles. The quantitative estimate of drug-likeness (QED) is 0.808. The Morgan fingerprint density at radius 3 is 3.06 bits per heavy atom. The van der Waals surface area contributed by atoms with Crippen molar-refractivity contribution in [3.8, 4) is 0 Å². The van der Waals surface area contributed by atoms with Crippen LogP contribution in [0.5, 0.6) is 0 Å². The first-order valence-electron chi connectivity index (χ1n) is 6.21. The van der Waals surface area contributed by atoms with Gasteiger partial charge in [0.25, 0.3) is 5.56 Å². The summed E-state index contributed by atoms with van der Waals surface area (Å²) in [4.78, 5) is 11.6. The minimum absolute atomic E-state index is 0.132. The SMILES string of the molecule is O=c1ccsn1CC12C=Cc3ccccc3C1C2. The third-order valence-electron chi connectivity index (χ3n) is 4.17. The first kappa shape index (κ1) is 10.3. The van der Waals surface area contributed by atoms with Gasteiger partial charge in [-0.1, -0.05) is 47.9 Å². The Morgan fingerprint density at radius 1 is 1.33 bits per heavy atom. The molecule has 0 amide bonds. The van der Waals surface area contributed by atoms with E-state index in [1.165, 1.54) is 29.1 Å². The first-order valence-corrected chi connectivity index (χ1v) is 7.05. The monoisotopic (exact) mass is 255 g/mol. The lowest BCUT2D eigenvalue weighted by Gasteiger charge is -2.18. The number of hydrogen-bond donors (Lipinski definition) is 0. The van der Waals surface area contributed by atoms with E-state index in [-0.39, 0.29) is 11.0 Å². The highest BCUT2D eigenvalue weighted by atomic mass is 32.1. The molecule has 2 atom stereocenters. The number of allylic oxidation sites excluding steroid dienone is 1. The van der Waals surface area contributed by atoms with E-state index in [2.05, 4.69) is 36.4 Å². The largest absolute Gasteiger partial charge is 0.268 e. The maximum absolute atomic E-state index is 11.6. The van der Waals surface area contributed by atoms with Gasteiger partial charge in [0, 0.05) is 23.4 Å². The molecular weight excluding hydrogens is 242 g/mol. The van der Waals surface area contributed by atoms with Crippen molar-refractivity contribution < 1.29 is 0 Å². The summed E-state index contributed by atoms with van der Waals surface area (Å²) < 4.78 is 1.87. The highest BCUT2D eigenvalue weighted by molar-refractivity contribution is 7.04. The molecule has 1 aromatic heterocycles. The normalized spacial score (nSPS) is 27.7. The fraction of sp³-hybridized carbons (Fsp3) is 0.267. The highest BCUT2D eigenvalue weighted by Gasteiger charge is 2.55. The van der Waals surface area contributed by atoms with Crippen LogP contribution in [0.4, 0.5) is 0 Å². The summed E-state index contributed by atoms with van der Waals surface area (Å²) in [7, 11) is 0. The van der Waals surface area contributed by atoms with Gasteiger partial charge in [-0.3, -0.25) is 8.75 Å². The van der Waals surface area contributed by atoms with Gasteiger partial charge in [0.05, 0.1) is 0 Å². The number of benzene rings is 1. The predicted octanol–water partition coefficient (Wildman–Crippen LogP) is 3.11. The summed E-state index contributed by atoms with van der Waals surface area (Å²) in [6.45, 7) is 0.832. The maximum Gasteiger partial charge on any atom is 0.260 e. The highest BCUT2D eigenvalue weighted by Crippen LogP contribution is 2.64. The Bertz CT molecular complexity index is 696. The van der Waals surface area contributed by atoms with Gasteiger partial charge in [-0.25, -0.2) is 0 Å². The fourth-order valence-electron chi connectivity index (χ4n) is 3.07. The van der Waals surface area contributed by atoms with Gasteiger partial charge in [0.15, 0.2) is 0 Å². The zero-order chi connectivity index (χ0) is 12.2. The second kappa shape index (κ2) is 3.45. The van der Waals surface area contributed by atoms with Gasteiger partial charge in [-0.05, 0) is 23.5 Å². The average Bonchev–Trinajstić information content (AvgIpc) is 3.00. The second-order valence-electron chi connectivity index (χ2n) is 5.24. The van der Waals surface area contributed by atoms with Crippen molar-refractivity contribution in [1.29, 1.82) is 0 Å². The van der Waals surface area contributed by atoms with Crippen molar-refractivity contribution >= 4 is 17.6 Å². The smallest absolute Gasteiger partial charge is 0.260 e. The molecule has 0 N–H and O–H groups in total. The van der Waals surface area contributed by atoms with Gasteiger partial charge in [0.1, 0.15) is 0 Å². The molecule has 1 fully saturated rings. The molecule has 1 heterocycles. The van der Waals surface area contributed by atoms with Crippen LogP contribution in [0.15, 0.2) is 46.6 Å². The standard InChI is InChI=1S/C15H13NOS/c17-14-6-8-18-16(14)10-15-7-5-11-3-1-2-4-12(11)13(15)9-15/h1-8,13H,9-10H2. The lowest BCUT2D eigenvalue weighted by molar-refractivity contribution is 0.517. The number of nitrogens with zero attached hydrogens (tertiary/aromatic N) is 1. The van der Waals surface area contributed by atoms with Crippen molar-refractivity contribution in [3.63, 3.8) is 0 Å². The molecule has 4 rings (SSSR count). The molecule has 0 saturated heterocycles. The van der Waals surface area contributed by atoms with Crippen LogP contribution in [0, 0.1) is 5.41 Å². The van der Waals surface area contributed by atoms with E-state index in [4.69, 9.17) is 0 Å². The van der Waals surface area contributed by atoms with Crippen LogP contribution in [0.1, 0.15) is 23.5 Å². The van der Waals surface area contributed by atoms with Gasteiger partial charge >= 0.3 is 0 Å². The Balaban J connectivity index is 1.71. The Hall–Kier alpha value is -1.61. The van der Waals surface area contributed by atoms with Crippen LogP contribution in [-0.2, 0) is 6.54 Å². The number of hydrogen-bond acceptors (Lipinski definition) is 2. The topological polar surface area (TPSA) is 22.0 Å². The zero-order valence-corrected chi connectivity index (χ0v) is 10.7. The lowest BCUT2D eigenvalue weighted by atomic mass is 9.89. The van der Waals surface area contributed by atoms with Crippen molar-refractivity contribution in [2.45, 2.75) is 18.9 Å². The molecule has 2 aromatic rings. The van der Waals surface area contributed by atoms with Crippen LogP contribution in [-0.4, -0.2) is 3.96 Å². The molecule has 90 valence electrons. The van der Waals surface area contributed by atoms with Crippen LogP contribution in [0.2, 0.25) is 0 Å². The minimum atomic E-state index is 0.132. The molecule has 0 radical (unpaired) electrons. The van der Waals surface area contributed by atoms with Gasteiger partial charge in [-0.15, -0.1) is 0 Å². The van der Waals surface area contributed by atoms with Gasteiger partial charge in [0.2, 0.25) is 0 Å². The molecule has 0 aliphatic heterocycles. The molecule has 18 heavy (non-hydrogen) atoms. The summed E-state index contributed by atoms with van der Waals surface area (Å²) in [5, 5.41) is 1.87. The van der Waals surface area contributed by atoms with E-state index < -0.39 is 0 Å². The molecule has 2 unspecified atom stereocenters. The molecule has 3 heteroatoms. The van der Waals surface area contributed by atoms with E-state index >= 15 is 0 Å². The van der Waals surface area contributed by atoms with Crippen molar-refractivity contribution in [2.24, 2.45) is 5.41 Å². The van der Waals surface area contributed by atoms with Crippen LogP contribution < -0.4 is 5.56 Å². The third-order valence-corrected chi connectivity index (χ3v) is 4.99. The summed E-state index contributed by atoms with van der Waals surface area (Å²) >= 11 is 1.52. The number of fused-ring (bicyclic) bond motifs is 3. The van der Waals surface area contributed by atoms with Crippen molar-refractivity contribution in [1.82, 2.24) is 3.96 Å². The third kappa shape index (κ3) is 1.37. The van der Waals surface area contributed by atoms with E-state index in [0.29, 0.717) is 5.92 Å². The van der Waals surface area contributed by atoms with Crippen LogP contribution >= 0.6 is 11.5 Å². The molecule has 0 bridgehead atoms. The van der Waals surface area contributed by atoms with E-state index in [1.54, 1.807) is 6.07 Å². The van der Waals surface area contributed by atoms with Crippen molar-refractivity contribution in [2.75, 3.05) is 0 Å². The summed E-state index contributed by atoms with van der Waals surface area (Å²) in [6.07, 6.45) is 5.70. The summed E-state index contributed by atoms with van der Waals surface area (Å²) in [6, 6.07) is 10.2. The maximum atomic E-state index is 11.6. The average molecular weight is 255 g/mol. The molecule has 0 spiro atoms. The van der Waals surface area contributed by atoms with E-state index in [9.17, 15) is 4.79 Å². The molecule has 1 aromatic carbocycles. The molecule has 2 aliphatic rings. The summed E-state index contributed by atoms with van der Waals surface area (Å²) in [5.41, 5.74) is 3.12. The Morgan fingerprint density at radius 2 is 2.22 bits per heavy atom. The Kier molecular flexibility index (Phi) is 1.98. The van der Waals surface area contributed by atoms with Crippen LogP contribution in [0.25, 0.3) is 6.08 Å². The molecular formula is C15H13NOS. The number of rotatable bonds is 2. The van der Waals surface area contributed by atoms with Gasteiger partial charge in [-0.2, -0.15) is 0 Å². The van der Waals surface area contributed by atoms with E-state index in [1.807, 2.05) is 9.34 Å². The number of aromatic nitrogens is 1.